The summed E-state index contributed by atoms with van der Waals surface area (Å²) < 4.78 is 20.4. The molecule has 0 fully saturated rings. The maximum absolute atomic E-state index is 10.9. The van der Waals surface area contributed by atoms with Gasteiger partial charge in [0.25, 0.3) is 0 Å². The van der Waals surface area contributed by atoms with Crippen molar-refractivity contribution < 1.29 is 13.6 Å². The van der Waals surface area contributed by atoms with Gasteiger partial charge < -0.3 is 9.05 Å². The molecule has 0 aliphatic heterocycles. The molecule has 0 aliphatic rings. The maximum Gasteiger partial charge on any atom is 0.319 e. The van der Waals surface area contributed by atoms with Crippen LogP contribution >= 0.6 is 31.5 Å². The van der Waals surface area contributed by atoms with Gasteiger partial charge in [-0.15, -0.1) is 23.2 Å². The third kappa shape index (κ3) is 8.82. The zero-order valence-electron chi connectivity index (χ0n) is 7.05. The third-order valence-corrected chi connectivity index (χ3v) is 1.92. The van der Waals surface area contributed by atoms with Crippen LogP contribution < -0.4 is 0 Å². The van der Waals surface area contributed by atoms with Crippen molar-refractivity contribution >= 4 is 31.5 Å². The second-order valence-corrected chi connectivity index (χ2v) is 5.00. The number of halogens is 2. The van der Waals surface area contributed by atoms with Crippen LogP contribution in [0.3, 0.4) is 0 Å². The van der Waals surface area contributed by atoms with E-state index in [0.717, 1.165) is 0 Å². The van der Waals surface area contributed by atoms with E-state index < -0.39 is 8.25 Å². The summed E-state index contributed by atoms with van der Waals surface area (Å²) in [4.78, 5) is 0. The van der Waals surface area contributed by atoms with Gasteiger partial charge in [0, 0.05) is 0 Å². The van der Waals surface area contributed by atoms with E-state index in [-0.39, 0.29) is 24.0 Å². The van der Waals surface area contributed by atoms with Gasteiger partial charge in [0.15, 0.2) is 0 Å². The molecule has 0 amide bonds. The van der Waals surface area contributed by atoms with Gasteiger partial charge in [-0.3, -0.25) is 4.57 Å². The third-order valence-electron chi connectivity index (χ3n) is 0.862. The van der Waals surface area contributed by atoms with E-state index >= 15 is 0 Å². The Morgan fingerprint density at radius 3 is 1.75 bits per heavy atom. The first-order valence-electron chi connectivity index (χ1n) is 3.60. The van der Waals surface area contributed by atoms with Crippen molar-refractivity contribution in [1.29, 1.82) is 0 Å². The first-order chi connectivity index (χ1) is 5.52. The molecular weight excluding hydrogens is 222 g/mol. The number of hydrogen-bond acceptors (Lipinski definition) is 3. The summed E-state index contributed by atoms with van der Waals surface area (Å²) in [6.07, 6.45) is 0. The Morgan fingerprint density at radius 2 is 1.50 bits per heavy atom. The highest BCUT2D eigenvalue weighted by molar-refractivity contribution is 7.33. The van der Waals surface area contributed by atoms with Crippen LogP contribution in [0.25, 0.3) is 0 Å². The minimum Gasteiger partial charge on any atom is -0.309 e. The molecule has 0 saturated heterocycles. The van der Waals surface area contributed by atoms with E-state index in [9.17, 15) is 4.57 Å². The number of alkyl halides is 2. The van der Waals surface area contributed by atoms with Crippen molar-refractivity contribution in [3.63, 3.8) is 0 Å². The highest BCUT2D eigenvalue weighted by Gasteiger charge is 2.04. The van der Waals surface area contributed by atoms with Crippen LogP contribution in [-0.4, -0.2) is 24.0 Å². The van der Waals surface area contributed by atoms with E-state index in [0.29, 0.717) is 0 Å². The lowest BCUT2D eigenvalue weighted by molar-refractivity contribution is 0.228. The van der Waals surface area contributed by atoms with Gasteiger partial charge in [-0.05, 0) is 13.8 Å². The standard InChI is InChI=1S/C6H13Cl2O3P/c1-5(7)3-10-12(9)11-4-6(2)8/h5-6,12H,3-4H2,1-2H3. The van der Waals surface area contributed by atoms with Crippen LogP contribution in [0.4, 0.5) is 0 Å². The van der Waals surface area contributed by atoms with Gasteiger partial charge in [0.2, 0.25) is 0 Å². The highest BCUT2D eigenvalue weighted by Crippen LogP contribution is 2.24. The van der Waals surface area contributed by atoms with Crippen LogP contribution in [0, 0.1) is 0 Å². The molecule has 0 radical (unpaired) electrons. The normalized spacial score (nSPS) is 18.7. The van der Waals surface area contributed by atoms with E-state index in [1.54, 1.807) is 13.8 Å². The zero-order chi connectivity index (χ0) is 9.56. The molecule has 0 spiro atoms. The highest BCUT2D eigenvalue weighted by atomic mass is 35.5. The Morgan fingerprint density at radius 1 is 1.17 bits per heavy atom. The molecule has 0 saturated carbocycles. The molecule has 3 nitrogen and oxygen atoms in total. The molecule has 0 aromatic rings. The van der Waals surface area contributed by atoms with Gasteiger partial charge in [0.1, 0.15) is 0 Å². The molecule has 6 heteroatoms. The van der Waals surface area contributed by atoms with Crippen molar-refractivity contribution in [3.05, 3.63) is 0 Å². The first kappa shape index (κ1) is 12.7. The van der Waals surface area contributed by atoms with Crippen LogP contribution in [0.1, 0.15) is 13.8 Å². The van der Waals surface area contributed by atoms with Gasteiger partial charge >= 0.3 is 8.25 Å². The Labute approximate surface area is 83.3 Å². The van der Waals surface area contributed by atoms with E-state index in [1.165, 1.54) is 0 Å². The molecule has 0 bridgehead atoms. The van der Waals surface area contributed by atoms with Crippen LogP contribution in [-0.2, 0) is 13.6 Å². The molecule has 0 aromatic heterocycles. The van der Waals surface area contributed by atoms with Crippen LogP contribution in [0.5, 0.6) is 0 Å². The summed E-state index contributed by atoms with van der Waals surface area (Å²) in [6.45, 7) is 3.97. The Balaban J connectivity index is 3.34. The summed E-state index contributed by atoms with van der Waals surface area (Å²) in [7, 11) is -2.40. The largest absolute Gasteiger partial charge is 0.319 e. The van der Waals surface area contributed by atoms with E-state index in [1.807, 2.05) is 0 Å². The topological polar surface area (TPSA) is 35.5 Å². The fourth-order valence-electron chi connectivity index (χ4n) is 0.407. The number of hydrogen-bond donors (Lipinski definition) is 0. The van der Waals surface area contributed by atoms with Gasteiger partial charge in [0.05, 0.1) is 24.0 Å². The van der Waals surface area contributed by atoms with Crippen molar-refractivity contribution in [1.82, 2.24) is 0 Å². The molecule has 2 unspecified atom stereocenters. The molecule has 2 atom stereocenters. The fourth-order valence-corrected chi connectivity index (χ4v) is 1.60. The zero-order valence-corrected chi connectivity index (χ0v) is 9.56. The Hall–Kier alpha value is 0.730. The number of rotatable bonds is 6. The Kier molecular flexibility index (Phi) is 7.60. The minimum atomic E-state index is -2.40. The molecule has 0 N–H and O–H groups in total. The average molecular weight is 235 g/mol. The molecule has 0 aliphatic carbocycles. The molecule has 0 aromatic carbocycles. The Bertz CT molecular complexity index is 127. The fraction of sp³-hybridized carbons (Fsp3) is 1.00. The van der Waals surface area contributed by atoms with Crippen molar-refractivity contribution in [2.24, 2.45) is 0 Å². The smallest absolute Gasteiger partial charge is 0.309 e. The van der Waals surface area contributed by atoms with Crippen molar-refractivity contribution in [2.75, 3.05) is 13.2 Å². The average Bonchev–Trinajstić information content (AvgIpc) is 1.96. The molecule has 74 valence electrons. The quantitative estimate of drug-likeness (QED) is 0.524. The molecule has 0 heterocycles. The predicted octanol–water partition coefficient (Wildman–Crippen LogP) is 2.66. The summed E-state index contributed by atoms with van der Waals surface area (Å²) in [6, 6.07) is 0. The summed E-state index contributed by atoms with van der Waals surface area (Å²) in [5, 5.41) is -0.313. The summed E-state index contributed by atoms with van der Waals surface area (Å²) in [5.74, 6) is 0. The van der Waals surface area contributed by atoms with Gasteiger partial charge in [-0.25, -0.2) is 0 Å². The predicted molar refractivity (Wildman–Crippen MR) is 51.5 cm³/mol. The summed E-state index contributed by atoms with van der Waals surface area (Å²) in [5.41, 5.74) is 0. The van der Waals surface area contributed by atoms with Gasteiger partial charge in [-0.1, -0.05) is 0 Å². The SMILES string of the molecule is CC(Cl)CO[PH](=O)OCC(C)Cl. The summed E-state index contributed by atoms with van der Waals surface area (Å²) >= 11 is 11.1. The van der Waals surface area contributed by atoms with Crippen molar-refractivity contribution in [3.8, 4) is 0 Å². The van der Waals surface area contributed by atoms with E-state index in [4.69, 9.17) is 32.2 Å². The molecule has 0 rings (SSSR count). The minimum absolute atomic E-state index is 0.157. The lowest BCUT2D eigenvalue weighted by atomic mass is 10.5. The monoisotopic (exact) mass is 234 g/mol. The second-order valence-electron chi connectivity index (χ2n) is 2.43. The van der Waals surface area contributed by atoms with Crippen molar-refractivity contribution in [2.45, 2.75) is 24.6 Å². The van der Waals surface area contributed by atoms with Gasteiger partial charge in [-0.2, -0.15) is 0 Å². The lowest BCUT2D eigenvalue weighted by Gasteiger charge is -2.06. The maximum atomic E-state index is 10.9. The lowest BCUT2D eigenvalue weighted by Crippen LogP contribution is -2.03. The van der Waals surface area contributed by atoms with E-state index in [2.05, 4.69) is 0 Å². The van der Waals surface area contributed by atoms with Crippen LogP contribution in [0.2, 0.25) is 0 Å². The first-order valence-corrected chi connectivity index (χ1v) is 5.69. The molecular formula is C6H13Cl2O3P. The molecule has 12 heavy (non-hydrogen) atoms. The second kappa shape index (κ2) is 7.16. The van der Waals surface area contributed by atoms with Crippen LogP contribution in [0.15, 0.2) is 0 Å².